The van der Waals surface area contributed by atoms with E-state index in [1.54, 1.807) is 0 Å². The van der Waals surface area contributed by atoms with E-state index in [1.165, 1.54) is 33.5 Å². The highest BCUT2D eigenvalue weighted by molar-refractivity contribution is 6.00. The maximum Gasteiger partial charge on any atom is 0.0447 e. The summed E-state index contributed by atoms with van der Waals surface area (Å²) in [5, 5.41) is 0. The molecule has 2 N–H and O–H groups in total. The third kappa shape index (κ3) is 3.37. The molecule has 0 bridgehead atoms. The fraction of sp³-hybridized carbons (Fsp3) is 0.0769. The fourth-order valence-corrected chi connectivity index (χ4v) is 3.67. The molecule has 0 unspecified atom stereocenters. The van der Waals surface area contributed by atoms with Gasteiger partial charge in [0.15, 0.2) is 0 Å². The number of anilines is 2. The van der Waals surface area contributed by atoms with E-state index in [0.29, 0.717) is 0 Å². The van der Waals surface area contributed by atoms with Crippen LogP contribution in [0.5, 0.6) is 0 Å². The Labute approximate surface area is 166 Å². The van der Waals surface area contributed by atoms with Crippen LogP contribution in [0.15, 0.2) is 97.1 Å². The zero-order valence-electron chi connectivity index (χ0n) is 16.3. The number of benzene rings is 4. The summed E-state index contributed by atoms with van der Waals surface area (Å²) >= 11 is 0. The summed E-state index contributed by atoms with van der Waals surface area (Å²) in [6.07, 6.45) is 0. The van der Waals surface area contributed by atoms with Gasteiger partial charge in [-0.05, 0) is 46.0 Å². The van der Waals surface area contributed by atoms with E-state index in [2.05, 4.69) is 104 Å². The molecule has 2 heteroatoms. The molecule has 0 radical (unpaired) electrons. The van der Waals surface area contributed by atoms with Gasteiger partial charge in [0.2, 0.25) is 0 Å². The molecule has 0 spiro atoms. The maximum atomic E-state index is 5.93. The van der Waals surface area contributed by atoms with Crippen LogP contribution in [0.1, 0.15) is 0 Å². The minimum Gasteiger partial charge on any atom is -0.399 e. The van der Waals surface area contributed by atoms with Gasteiger partial charge in [-0.25, -0.2) is 0 Å². The first-order valence-corrected chi connectivity index (χ1v) is 9.46. The zero-order chi connectivity index (χ0) is 19.5. The molecule has 4 aromatic rings. The van der Waals surface area contributed by atoms with Crippen LogP contribution in [-0.4, -0.2) is 14.1 Å². The molecule has 0 amide bonds. The second-order valence-electron chi connectivity index (χ2n) is 7.13. The largest absolute Gasteiger partial charge is 0.399 e. The first-order valence-electron chi connectivity index (χ1n) is 9.46. The Morgan fingerprint density at radius 1 is 0.536 bits per heavy atom. The van der Waals surface area contributed by atoms with Gasteiger partial charge < -0.3 is 10.6 Å². The molecule has 28 heavy (non-hydrogen) atoms. The standard InChI is InChI=1S/C26H24N2/c1-28(2)24-18-17-23(19-13-15-22(27)16-14-19)25(20-9-5-3-6-10-20)26(24)21-11-7-4-8-12-21/h3-18H,27H2,1-2H3. The molecule has 0 aliphatic carbocycles. The van der Waals surface area contributed by atoms with Gasteiger partial charge in [-0.1, -0.05) is 78.9 Å². The smallest absolute Gasteiger partial charge is 0.0447 e. The predicted octanol–water partition coefficient (Wildman–Crippen LogP) is 6.34. The van der Waals surface area contributed by atoms with Crippen LogP contribution in [-0.2, 0) is 0 Å². The second-order valence-corrected chi connectivity index (χ2v) is 7.13. The van der Waals surface area contributed by atoms with E-state index in [0.717, 1.165) is 11.3 Å². The van der Waals surface area contributed by atoms with Crippen molar-refractivity contribution in [1.82, 2.24) is 0 Å². The molecule has 0 saturated carbocycles. The Balaban J connectivity index is 2.10. The van der Waals surface area contributed by atoms with Crippen LogP contribution in [0.3, 0.4) is 0 Å². The van der Waals surface area contributed by atoms with Crippen molar-refractivity contribution in [3.63, 3.8) is 0 Å². The molecule has 0 aromatic heterocycles. The lowest BCUT2D eigenvalue weighted by Gasteiger charge is -2.24. The van der Waals surface area contributed by atoms with Crippen molar-refractivity contribution >= 4 is 11.4 Å². The molecule has 0 atom stereocenters. The van der Waals surface area contributed by atoms with E-state index in [1.807, 2.05) is 12.1 Å². The lowest BCUT2D eigenvalue weighted by molar-refractivity contribution is 1.13. The van der Waals surface area contributed by atoms with Crippen molar-refractivity contribution < 1.29 is 0 Å². The lowest BCUT2D eigenvalue weighted by Crippen LogP contribution is -2.11. The van der Waals surface area contributed by atoms with E-state index in [4.69, 9.17) is 5.73 Å². The molecule has 0 saturated heterocycles. The van der Waals surface area contributed by atoms with Gasteiger partial charge in [0.1, 0.15) is 0 Å². The minimum atomic E-state index is 0.776. The highest BCUT2D eigenvalue weighted by atomic mass is 15.1. The normalized spacial score (nSPS) is 10.6. The monoisotopic (exact) mass is 364 g/mol. The van der Waals surface area contributed by atoms with Gasteiger partial charge in [0.05, 0.1) is 0 Å². The van der Waals surface area contributed by atoms with Gasteiger partial charge in [0.25, 0.3) is 0 Å². The topological polar surface area (TPSA) is 29.3 Å². The Morgan fingerprint density at radius 3 is 1.61 bits per heavy atom. The molecule has 0 heterocycles. The SMILES string of the molecule is CN(C)c1ccc(-c2ccc(N)cc2)c(-c2ccccc2)c1-c1ccccc1. The summed E-state index contributed by atoms with van der Waals surface area (Å²) in [5.41, 5.74) is 15.2. The van der Waals surface area contributed by atoms with Gasteiger partial charge in [-0.15, -0.1) is 0 Å². The first-order chi connectivity index (χ1) is 13.6. The third-order valence-electron chi connectivity index (χ3n) is 5.01. The van der Waals surface area contributed by atoms with Gasteiger partial charge in [0, 0.05) is 31.0 Å². The third-order valence-corrected chi connectivity index (χ3v) is 5.01. The maximum absolute atomic E-state index is 5.93. The number of rotatable bonds is 4. The van der Waals surface area contributed by atoms with Crippen LogP contribution in [0.25, 0.3) is 33.4 Å². The summed E-state index contributed by atoms with van der Waals surface area (Å²) in [6.45, 7) is 0. The van der Waals surface area contributed by atoms with Crippen molar-refractivity contribution in [3.8, 4) is 33.4 Å². The van der Waals surface area contributed by atoms with Crippen LogP contribution in [0.4, 0.5) is 11.4 Å². The van der Waals surface area contributed by atoms with Gasteiger partial charge in [-0.3, -0.25) is 0 Å². The average molecular weight is 364 g/mol. The Bertz CT molecular complexity index is 1070. The molecule has 138 valence electrons. The molecule has 0 aliphatic heterocycles. The van der Waals surface area contributed by atoms with Crippen molar-refractivity contribution in [2.75, 3.05) is 24.7 Å². The van der Waals surface area contributed by atoms with E-state index < -0.39 is 0 Å². The zero-order valence-corrected chi connectivity index (χ0v) is 16.3. The van der Waals surface area contributed by atoms with E-state index >= 15 is 0 Å². The summed E-state index contributed by atoms with van der Waals surface area (Å²) in [6, 6.07) is 33.8. The summed E-state index contributed by atoms with van der Waals surface area (Å²) < 4.78 is 0. The molecule has 4 rings (SSSR count). The number of nitrogens with two attached hydrogens (primary N) is 1. The average Bonchev–Trinajstić information content (AvgIpc) is 2.74. The molecule has 0 fully saturated rings. The van der Waals surface area contributed by atoms with Crippen molar-refractivity contribution in [1.29, 1.82) is 0 Å². The van der Waals surface area contributed by atoms with Crippen LogP contribution in [0.2, 0.25) is 0 Å². The van der Waals surface area contributed by atoms with Crippen molar-refractivity contribution in [2.45, 2.75) is 0 Å². The number of nitrogen functional groups attached to an aromatic ring is 1. The van der Waals surface area contributed by atoms with Crippen molar-refractivity contribution in [2.24, 2.45) is 0 Å². The van der Waals surface area contributed by atoms with Crippen molar-refractivity contribution in [3.05, 3.63) is 97.1 Å². The number of hydrogen-bond acceptors (Lipinski definition) is 2. The minimum absolute atomic E-state index is 0.776. The predicted molar refractivity (Wildman–Crippen MR) is 121 cm³/mol. The highest BCUT2D eigenvalue weighted by Gasteiger charge is 2.18. The highest BCUT2D eigenvalue weighted by Crippen LogP contribution is 2.45. The van der Waals surface area contributed by atoms with Gasteiger partial charge >= 0.3 is 0 Å². The fourth-order valence-electron chi connectivity index (χ4n) is 3.67. The molecule has 2 nitrogen and oxygen atoms in total. The van der Waals surface area contributed by atoms with E-state index in [-0.39, 0.29) is 0 Å². The van der Waals surface area contributed by atoms with Crippen LogP contribution < -0.4 is 10.6 Å². The lowest BCUT2D eigenvalue weighted by atomic mass is 9.86. The summed E-state index contributed by atoms with van der Waals surface area (Å²) in [7, 11) is 4.19. The second kappa shape index (κ2) is 7.61. The number of hydrogen-bond donors (Lipinski definition) is 1. The van der Waals surface area contributed by atoms with Gasteiger partial charge in [-0.2, -0.15) is 0 Å². The number of nitrogens with zero attached hydrogens (tertiary/aromatic N) is 1. The molecule has 4 aromatic carbocycles. The Kier molecular flexibility index (Phi) is 4.86. The molecule has 0 aliphatic rings. The summed E-state index contributed by atoms with van der Waals surface area (Å²) in [4.78, 5) is 2.18. The molecular weight excluding hydrogens is 340 g/mol. The molecular formula is C26H24N2. The Hall–Kier alpha value is -3.52. The van der Waals surface area contributed by atoms with Crippen LogP contribution >= 0.6 is 0 Å². The Morgan fingerprint density at radius 2 is 1.07 bits per heavy atom. The van der Waals surface area contributed by atoms with E-state index in [9.17, 15) is 0 Å². The summed E-state index contributed by atoms with van der Waals surface area (Å²) in [5.74, 6) is 0. The first kappa shape index (κ1) is 17.9. The van der Waals surface area contributed by atoms with Crippen LogP contribution in [0, 0.1) is 0 Å². The quantitative estimate of drug-likeness (QED) is 0.428.